The zero-order valence-corrected chi connectivity index (χ0v) is 23.3. The van der Waals surface area contributed by atoms with Crippen LogP contribution in [-0.2, 0) is 23.8 Å². The Morgan fingerprint density at radius 3 is 2.19 bits per heavy atom. The summed E-state index contributed by atoms with van der Waals surface area (Å²) in [4.78, 5) is 0. The van der Waals surface area contributed by atoms with Crippen LogP contribution in [0.1, 0.15) is 79.4 Å². The van der Waals surface area contributed by atoms with E-state index < -0.39 is 0 Å². The van der Waals surface area contributed by atoms with Crippen LogP contribution in [0.3, 0.4) is 0 Å². The van der Waals surface area contributed by atoms with E-state index in [0.29, 0.717) is 5.92 Å². The minimum Gasteiger partial charge on any atom is -0.358 e. The standard InChI is InChI=1S/C29H37.2CH3.Cr/c1-18-25-22-17-19-13-9-10-14-20(19)24(22)21-15-11-12-16-23(21)29(25,8)28(6,7)27(4,5)26(18,2)3;;;/h9-11,13-15,23H,12,16-17H2,1-8H3;2*1H3;/q3*-1;+3. The van der Waals surface area contributed by atoms with Gasteiger partial charge in [-0.05, 0) is 40.6 Å². The van der Waals surface area contributed by atoms with E-state index in [-0.39, 0.29) is 53.9 Å². The maximum Gasteiger partial charge on any atom is 3.00 e. The maximum absolute atomic E-state index is 2.62. The Labute approximate surface area is 209 Å². The Balaban J connectivity index is 0.00000121. The Morgan fingerprint density at radius 1 is 0.906 bits per heavy atom. The molecular weight excluding hydrogens is 424 g/mol. The Morgan fingerprint density at radius 2 is 1.53 bits per heavy atom. The Kier molecular flexibility index (Phi) is 6.74. The average molecular weight is 468 g/mol. The van der Waals surface area contributed by atoms with Crippen LogP contribution in [0.4, 0.5) is 0 Å². The van der Waals surface area contributed by atoms with Gasteiger partial charge in [0.05, 0.1) is 0 Å². The van der Waals surface area contributed by atoms with E-state index in [1.54, 1.807) is 28.2 Å². The third kappa shape index (κ3) is 2.77. The predicted molar refractivity (Wildman–Crippen MR) is 137 cm³/mol. The third-order valence-corrected chi connectivity index (χ3v) is 10.8. The van der Waals surface area contributed by atoms with E-state index in [1.165, 1.54) is 24.0 Å². The van der Waals surface area contributed by atoms with Gasteiger partial charge in [-0.3, -0.25) is 0 Å². The first-order valence-corrected chi connectivity index (χ1v) is 11.6. The van der Waals surface area contributed by atoms with Gasteiger partial charge in [0.25, 0.3) is 0 Å². The molecule has 1 heteroatoms. The van der Waals surface area contributed by atoms with Crippen LogP contribution in [-0.4, -0.2) is 0 Å². The van der Waals surface area contributed by atoms with Crippen LogP contribution in [0.2, 0.25) is 0 Å². The molecule has 0 amide bonds. The SMILES string of the molecule is C[C-]1C2=C3Cc4ccccc4C3=C3C=CCCC3C2(C)C(C)(C)C(C)(C)C1(C)C.[CH3-].[CH3-].[Cr+3]. The first-order chi connectivity index (χ1) is 13.5. The van der Waals surface area contributed by atoms with Crippen molar-refractivity contribution in [3.63, 3.8) is 0 Å². The van der Waals surface area contributed by atoms with Crippen molar-refractivity contribution in [3.8, 4) is 0 Å². The van der Waals surface area contributed by atoms with Gasteiger partial charge < -0.3 is 14.9 Å². The quantitative estimate of drug-likeness (QED) is 0.334. The van der Waals surface area contributed by atoms with E-state index in [4.69, 9.17) is 0 Å². The van der Waals surface area contributed by atoms with E-state index >= 15 is 0 Å². The fourth-order valence-corrected chi connectivity index (χ4v) is 7.57. The van der Waals surface area contributed by atoms with Crippen molar-refractivity contribution in [3.05, 3.63) is 85.0 Å². The molecule has 0 bridgehead atoms. The van der Waals surface area contributed by atoms with Crippen molar-refractivity contribution in [2.75, 3.05) is 0 Å². The molecule has 0 N–H and O–H groups in total. The van der Waals surface area contributed by atoms with E-state index in [1.807, 2.05) is 0 Å². The topological polar surface area (TPSA) is 0 Å². The molecule has 32 heavy (non-hydrogen) atoms. The molecule has 1 aromatic rings. The molecule has 0 spiro atoms. The molecule has 5 rings (SSSR count). The van der Waals surface area contributed by atoms with Crippen molar-refractivity contribution in [1.29, 1.82) is 0 Å². The second-order valence-corrected chi connectivity index (χ2v) is 11.8. The minimum absolute atomic E-state index is 0. The molecule has 2 atom stereocenters. The summed E-state index contributed by atoms with van der Waals surface area (Å²) >= 11 is 0. The third-order valence-electron chi connectivity index (χ3n) is 10.8. The Bertz CT molecular complexity index is 997. The van der Waals surface area contributed by atoms with Gasteiger partial charge in [0.15, 0.2) is 0 Å². The fraction of sp³-hybridized carbons (Fsp3) is 0.516. The second-order valence-electron chi connectivity index (χ2n) is 11.8. The van der Waals surface area contributed by atoms with E-state index in [2.05, 4.69) is 91.8 Å². The number of hydrogen-bond donors (Lipinski definition) is 0. The maximum atomic E-state index is 2.62. The van der Waals surface area contributed by atoms with E-state index in [0.717, 1.165) is 6.42 Å². The zero-order valence-electron chi connectivity index (χ0n) is 22.1. The van der Waals surface area contributed by atoms with Crippen LogP contribution < -0.4 is 0 Å². The summed E-state index contributed by atoms with van der Waals surface area (Å²) in [6.07, 6.45) is 8.50. The summed E-state index contributed by atoms with van der Waals surface area (Å²) in [5.74, 6) is 2.24. The summed E-state index contributed by atoms with van der Waals surface area (Å²) in [6.45, 7) is 20.3. The molecule has 0 heterocycles. The van der Waals surface area contributed by atoms with Crippen LogP contribution >= 0.6 is 0 Å². The summed E-state index contributed by atoms with van der Waals surface area (Å²) in [7, 11) is 0. The van der Waals surface area contributed by atoms with Gasteiger partial charge in [-0.25, -0.2) is 5.92 Å². The van der Waals surface area contributed by atoms with Gasteiger partial charge in [-0.1, -0.05) is 113 Å². The predicted octanol–water partition coefficient (Wildman–Crippen LogP) is 8.86. The van der Waals surface area contributed by atoms with Gasteiger partial charge in [0.2, 0.25) is 0 Å². The summed E-state index contributed by atoms with van der Waals surface area (Å²) < 4.78 is 0. The first-order valence-electron chi connectivity index (χ1n) is 11.6. The molecule has 173 valence electrons. The van der Waals surface area contributed by atoms with Gasteiger partial charge in [0, 0.05) is 0 Å². The van der Waals surface area contributed by atoms with Crippen molar-refractivity contribution < 1.29 is 17.4 Å². The molecule has 1 saturated carbocycles. The normalized spacial score (nSPS) is 30.1. The molecule has 2 unspecified atom stereocenters. The summed E-state index contributed by atoms with van der Waals surface area (Å²) in [5, 5.41) is 0. The molecule has 1 radical (unpaired) electrons. The molecule has 0 aliphatic heterocycles. The van der Waals surface area contributed by atoms with Crippen LogP contribution in [0.15, 0.2) is 53.1 Å². The fourth-order valence-electron chi connectivity index (χ4n) is 7.57. The smallest absolute Gasteiger partial charge is 0.358 e. The van der Waals surface area contributed by atoms with Crippen LogP contribution in [0, 0.1) is 48.3 Å². The molecule has 4 aliphatic carbocycles. The minimum atomic E-state index is 0. The zero-order chi connectivity index (χ0) is 21.0. The molecular formula is C31H43Cr. The van der Waals surface area contributed by atoms with Crippen molar-refractivity contribution in [1.82, 2.24) is 0 Å². The van der Waals surface area contributed by atoms with Crippen molar-refractivity contribution in [2.45, 2.75) is 74.7 Å². The molecule has 0 saturated heterocycles. The van der Waals surface area contributed by atoms with Crippen LogP contribution in [0.5, 0.6) is 0 Å². The molecule has 1 fully saturated rings. The monoisotopic (exact) mass is 467 g/mol. The van der Waals surface area contributed by atoms with Gasteiger partial charge in [-0.2, -0.15) is 11.1 Å². The number of hydrogen-bond acceptors (Lipinski definition) is 0. The van der Waals surface area contributed by atoms with Gasteiger partial charge >= 0.3 is 17.4 Å². The van der Waals surface area contributed by atoms with E-state index in [9.17, 15) is 0 Å². The Hall–Kier alpha value is -1.16. The molecule has 0 nitrogen and oxygen atoms in total. The number of fused-ring (bicyclic) bond motifs is 6. The molecule has 4 aliphatic rings. The van der Waals surface area contributed by atoms with Crippen molar-refractivity contribution in [2.24, 2.45) is 27.6 Å². The van der Waals surface area contributed by atoms with Gasteiger partial charge in [-0.15, -0.1) is 6.92 Å². The number of allylic oxidation sites excluding steroid dienone is 6. The first kappa shape index (κ1) is 27.1. The number of benzene rings is 1. The second kappa shape index (κ2) is 7.96. The summed E-state index contributed by atoms with van der Waals surface area (Å²) in [6, 6.07) is 9.16. The molecule has 0 aromatic heterocycles. The largest absolute Gasteiger partial charge is 3.00 e. The average Bonchev–Trinajstić information content (AvgIpc) is 3.05. The van der Waals surface area contributed by atoms with Crippen molar-refractivity contribution >= 4 is 5.57 Å². The number of rotatable bonds is 0. The summed E-state index contributed by atoms with van der Waals surface area (Å²) in [5.41, 5.74) is 10.3. The molecule has 1 aromatic carbocycles. The van der Waals surface area contributed by atoms with Crippen LogP contribution in [0.25, 0.3) is 5.57 Å². The van der Waals surface area contributed by atoms with Gasteiger partial charge in [0.1, 0.15) is 0 Å².